The Hall–Kier alpha value is -0.650. The highest BCUT2D eigenvalue weighted by atomic mass is 16.5. The monoisotopic (exact) mass is 311 g/mol. The number of piperidine rings is 1. The molecule has 0 spiro atoms. The molecule has 1 amide bonds. The van der Waals surface area contributed by atoms with Gasteiger partial charge in [-0.1, -0.05) is 6.42 Å². The molecule has 0 aromatic heterocycles. The highest BCUT2D eigenvalue weighted by Gasteiger charge is 2.21. The first kappa shape index (κ1) is 17.7. The summed E-state index contributed by atoms with van der Waals surface area (Å²) in [5, 5.41) is 0. The van der Waals surface area contributed by atoms with Crippen molar-refractivity contribution in [3.8, 4) is 0 Å². The van der Waals surface area contributed by atoms with Gasteiger partial charge in [-0.2, -0.15) is 0 Å². The zero-order valence-corrected chi connectivity index (χ0v) is 14.4. The minimum atomic E-state index is 0.125. The van der Waals surface area contributed by atoms with E-state index in [0.29, 0.717) is 0 Å². The van der Waals surface area contributed by atoms with Crippen LogP contribution < -0.4 is 0 Å². The average molecular weight is 311 g/mol. The fourth-order valence-electron chi connectivity index (χ4n) is 3.25. The molecule has 5 nitrogen and oxygen atoms in total. The second-order valence-corrected chi connectivity index (χ2v) is 6.84. The zero-order valence-electron chi connectivity index (χ0n) is 14.4. The normalized spacial score (nSPS) is 21.5. The van der Waals surface area contributed by atoms with Gasteiger partial charge in [0, 0.05) is 26.2 Å². The van der Waals surface area contributed by atoms with Gasteiger partial charge in [0.05, 0.1) is 6.10 Å². The number of carbonyl (C=O) groups excluding carboxylic acids is 1. The van der Waals surface area contributed by atoms with E-state index in [0.717, 1.165) is 26.2 Å². The Kier molecular flexibility index (Phi) is 7.63. The molecule has 0 unspecified atom stereocenters. The van der Waals surface area contributed by atoms with Crippen molar-refractivity contribution >= 4 is 5.91 Å². The minimum Gasteiger partial charge on any atom is -0.369 e. The van der Waals surface area contributed by atoms with Crippen molar-refractivity contribution in [2.24, 2.45) is 0 Å². The molecule has 2 fully saturated rings. The Labute approximate surface area is 135 Å². The molecule has 128 valence electrons. The van der Waals surface area contributed by atoms with Crippen LogP contribution in [0.3, 0.4) is 0 Å². The van der Waals surface area contributed by atoms with E-state index in [-0.39, 0.29) is 18.6 Å². The maximum Gasteiger partial charge on any atom is 0.248 e. The lowest BCUT2D eigenvalue weighted by Crippen LogP contribution is -2.50. The molecule has 22 heavy (non-hydrogen) atoms. The number of carbonyl (C=O) groups is 1. The van der Waals surface area contributed by atoms with E-state index in [1.165, 1.54) is 51.9 Å². The van der Waals surface area contributed by atoms with Crippen molar-refractivity contribution in [1.29, 1.82) is 0 Å². The second-order valence-electron chi connectivity index (χ2n) is 6.84. The van der Waals surface area contributed by atoms with Gasteiger partial charge in [-0.25, -0.2) is 0 Å². The highest BCUT2D eigenvalue weighted by Crippen LogP contribution is 2.09. The summed E-state index contributed by atoms with van der Waals surface area (Å²) in [6, 6.07) is 0. The van der Waals surface area contributed by atoms with Gasteiger partial charge in [-0.15, -0.1) is 0 Å². The number of amides is 1. The van der Waals surface area contributed by atoms with Crippen LogP contribution in [0.4, 0.5) is 0 Å². The first-order valence-corrected chi connectivity index (χ1v) is 8.99. The molecule has 0 saturated carbocycles. The molecule has 2 aliphatic rings. The van der Waals surface area contributed by atoms with Gasteiger partial charge in [0.2, 0.25) is 5.91 Å². The van der Waals surface area contributed by atoms with Gasteiger partial charge >= 0.3 is 0 Å². The van der Waals surface area contributed by atoms with Gasteiger partial charge in [0.1, 0.15) is 6.61 Å². The van der Waals surface area contributed by atoms with Crippen molar-refractivity contribution in [3.05, 3.63) is 0 Å². The molecule has 5 heteroatoms. The third-order valence-corrected chi connectivity index (χ3v) is 4.66. The maximum atomic E-state index is 12.0. The van der Waals surface area contributed by atoms with E-state index < -0.39 is 0 Å². The SMILES string of the molecule is CC(C)OCC(=O)N1CCN(CCCN2CCCCC2)CC1. The predicted molar refractivity (Wildman–Crippen MR) is 89.0 cm³/mol. The Morgan fingerprint density at radius 3 is 2.09 bits per heavy atom. The van der Waals surface area contributed by atoms with E-state index in [9.17, 15) is 4.79 Å². The van der Waals surface area contributed by atoms with Crippen LogP contribution in [-0.2, 0) is 9.53 Å². The summed E-state index contributed by atoms with van der Waals surface area (Å²) in [6.07, 6.45) is 5.54. The lowest BCUT2D eigenvalue weighted by atomic mass is 10.1. The molecule has 2 saturated heterocycles. The van der Waals surface area contributed by atoms with E-state index in [2.05, 4.69) is 9.80 Å². The Morgan fingerprint density at radius 1 is 0.909 bits per heavy atom. The van der Waals surface area contributed by atoms with E-state index in [1.54, 1.807) is 0 Å². The number of likely N-dealkylation sites (tertiary alicyclic amines) is 1. The smallest absolute Gasteiger partial charge is 0.248 e. The predicted octanol–water partition coefficient (Wildman–Crippen LogP) is 1.43. The van der Waals surface area contributed by atoms with Gasteiger partial charge in [-0.3, -0.25) is 9.69 Å². The first-order valence-electron chi connectivity index (χ1n) is 8.99. The molecule has 0 aliphatic carbocycles. The van der Waals surface area contributed by atoms with Crippen LogP contribution >= 0.6 is 0 Å². The summed E-state index contributed by atoms with van der Waals surface area (Å²) in [7, 11) is 0. The number of ether oxygens (including phenoxy) is 1. The first-order chi connectivity index (χ1) is 10.6. The molecular weight excluding hydrogens is 278 g/mol. The number of rotatable bonds is 7. The molecule has 2 heterocycles. The molecule has 0 aromatic rings. The molecule has 0 atom stereocenters. The number of hydrogen-bond donors (Lipinski definition) is 0. The topological polar surface area (TPSA) is 36.0 Å². The van der Waals surface area contributed by atoms with Crippen LogP contribution in [0.2, 0.25) is 0 Å². The van der Waals surface area contributed by atoms with Crippen LogP contribution in [0.15, 0.2) is 0 Å². The quantitative estimate of drug-likeness (QED) is 0.713. The maximum absolute atomic E-state index is 12.0. The van der Waals surface area contributed by atoms with E-state index >= 15 is 0 Å². The van der Waals surface area contributed by atoms with Crippen LogP contribution in [-0.4, -0.2) is 85.7 Å². The molecule has 2 rings (SSSR count). The van der Waals surface area contributed by atoms with Crippen LogP contribution in [0.5, 0.6) is 0 Å². The van der Waals surface area contributed by atoms with E-state index in [1.807, 2.05) is 18.7 Å². The largest absolute Gasteiger partial charge is 0.369 e. The summed E-state index contributed by atoms with van der Waals surface area (Å²) >= 11 is 0. The summed E-state index contributed by atoms with van der Waals surface area (Å²) in [6.45, 7) is 12.9. The summed E-state index contributed by atoms with van der Waals surface area (Å²) in [5.41, 5.74) is 0. The van der Waals surface area contributed by atoms with Crippen molar-refractivity contribution in [2.75, 3.05) is 59.0 Å². The summed E-state index contributed by atoms with van der Waals surface area (Å²) in [5.74, 6) is 0.140. The molecular formula is C17H33N3O2. The highest BCUT2D eigenvalue weighted by molar-refractivity contribution is 5.77. The van der Waals surface area contributed by atoms with Crippen molar-refractivity contribution in [2.45, 2.75) is 45.6 Å². The van der Waals surface area contributed by atoms with Gasteiger partial charge in [0.15, 0.2) is 0 Å². The molecule has 0 N–H and O–H groups in total. The van der Waals surface area contributed by atoms with Crippen LogP contribution in [0.1, 0.15) is 39.5 Å². The lowest BCUT2D eigenvalue weighted by Gasteiger charge is -2.35. The Bertz CT molecular complexity index is 322. The number of piperazine rings is 1. The zero-order chi connectivity index (χ0) is 15.8. The lowest BCUT2D eigenvalue weighted by molar-refractivity contribution is -0.139. The summed E-state index contributed by atoms with van der Waals surface area (Å²) in [4.78, 5) is 19.1. The molecule has 0 aromatic carbocycles. The number of hydrogen-bond acceptors (Lipinski definition) is 4. The van der Waals surface area contributed by atoms with Crippen LogP contribution in [0, 0.1) is 0 Å². The third-order valence-electron chi connectivity index (χ3n) is 4.66. The average Bonchev–Trinajstić information content (AvgIpc) is 2.54. The fraction of sp³-hybridized carbons (Fsp3) is 0.941. The van der Waals surface area contributed by atoms with Crippen molar-refractivity contribution in [3.63, 3.8) is 0 Å². The second kappa shape index (κ2) is 9.48. The third kappa shape index (κ3) is 6.23. The molecule has 2 aliphatic heterocycles. The summed E-state index contributed by atoms with van der Waals surface area (Å²) < 4.78 is 5.41. The van der Waals surface area contributed by atoms with Gasteiger partial charge in [-0.05, 0) is 59.3 Å². The Balaban J connectivity index is 1.55. The van der Waals surface area contributed by atoms with Crippen LogP contribution in [0.25, 0.3) is 0 Å². The van der Waals surface area contributed by atoms with E-state index in [4.69, 9.17) is 4.74 Å². The molecule has 0 radical (unpaired) electrons. The standard InChI is InChI=1S/C17H33N3O2/c1-16(2)22-15-17(21)20-13-11-19(12-14-20)10-6-9-18-7-4-3-5-8-18/h16H,3-15H2,1-2H3. The van der Waals surface area contributed by atoms with Crippen molar-refractivity contribution < 1.29 is 9.53 Å². The van der Waals surface area contributed by atoms with Gasteiger partial charge < -0.3 is 14.5 Å². The fourth-order valence-corrected chi connectivity index (χ4v) is 3.25. The Morgan fingerprint density at radius 2 is 1.50 bits per heavy atom. The van der Waals surface area contributed by atoms with Crippen molar-refractivity contribution in [1.82, 2.24) is 14.7 Å². The number of nitrogens with zero attached hydrogens (tertiary/aromatic N) is 3. The minimum absolute atomic E-state index is 0.125. The van der Waals surface area contributed by atoms with Gasteiger partial charge in [0.25, 0.3) is 0 Å². The molecule has 0 bridgehead atoms.